The van der Waals surface area contributed by atoms with Gasteiger partial charge in [-0.3, -0.25) is 4.98 Å². The third-order valence-corrected chi connectivity index (χ3v) is 1.78. The third-order valence-electron chi connectivity index (χ3n) is 1.78. The highest BCUT2D eigenvalue weighted by Crippen LogP contribution is 2.05. The second-order valence-corrected chi connectivity index (χ2v) is 2.92. The molecule has 2 heterocycles. The number of hydrogen-bond acceptors (Lipinski definition) is 3. The zero-order chi connectivity index (χ0) is 12.7. The van der Waals surface area contributed by atoms with Gasteiger partial charge in [0.15, 0.2) is 0 Å². The number of aromatic nitrogens is 2. The molecule has 0 aliphatic rings. The molecule has 0 aliphatic heterocycles. The van der Waals surface area contributed by atoms with Crippen LogP contribution in [0.1, 0.15) is 20.7 Å². The van der Waals surface area contributed by atoms with Crippen molar-refractivity contribution in [3.63, 3.8) is 0 Å². The predicted molar refractivity (Wildman–Crippen MR) is 58.9 cm³/mol. The summed E-state index contributed by atoms with van der Waals surface area (Å²) in [7, 11) is 0. The number of aromatic carboxylic acids is 2. The molecular weight excluding hydrogens is 224 g/mol. The summed E-state index contributed by atoms with van der Waals surface area (Å²) >= 11 is 0. The number of aromatic amines is 1. The van der Waals surface area contributed by atoms with Crippen molar-refractivity contribution in [3.8, 4) is 0 Å². The van der Waals surface area contributed by atoms with Crippen LogP contribution in [0.15, 0.2) is 43.0 Å². The minimum atomic E-state index is -1.29. The number of carboxylic acid groups (broad SMARTS) is 2. The first-order valence-electron chi connectivity index (χ1n) is 4.61. The van der Waals surface area contributed by atoms with E-state index in [2.05, 4.69) is 9.97 Å². The topological polar surface area (TPSA) is 103 Å². The summed E-state index contributed by atoms with van der Waals surface area (Å²) in [6.07, 6.45) is 5.99. The fourth-order valence-electron chi connectivity index (χ4n) is 1.03. The number of nitrogens with zero attached hydrogens (tertiary/aromatic N) is 1. The molecule has 0 saturated carbocycles. The number of rotatable bonds is 2. The van der Waals surface area contributed by atoms with E-state index in [4.69, 9.17) is 10.2 Å². The summed E-state index contributed by atoms with van der Waals surface area (Å²) < 4.78 is 0. The van der Waals surface area contributed by atoms with Gasteiger partial charge in [-0.15, -0.1) is 0 Å². The van der Waals surface area contributed by atoms with Crippen molar-refractivity contribution >= 4 is 11.9 Å². The molecule has 0 bridgehead atoms. The molecule has 17 heavy (non-hydrogen) atoms. The lowest BCUT2D eigenvalue weighted by atomic mass is 10.1. The summed E-state index contributed by atoms with van der Waals surface area (Å²) in [6.45, 7) is 0. The number of carboxylic acids is 2. The van der Waals surface area contributed by atoms with Crippen LogP contribution in [0.25, 0.3) is 0 Å². The van der Waals surface area contributed by atoms with E-state index >= 15 is 0 Å². The molecule has 0 aromatic carbocycles. The number of hydrogen-bond donors (Lipinski definition) is 3. The molecule has 0 saturated heterocycles. The van der Waals surface area contributed by atoms with Crippen LogP contribution in [-0.2, 0) is 0 Å². The van der Waals surface area contributed by atoms with Gasteiger partial charge < -0.3 is 15.2 Å². The van der Waals surface area contributed by atoms with E-state index in [1.807, 2.05) is 24.5 Å². The highest BCUT2D eigenvalue weighted by Gasteiger charge is 2.14. The van der Waals surface area contributed by atoms with E-state index in [-0.39, 0.29) is 11.1 Å². The Hall–Kier alpha value is -2.63. The predicted octanol–water partition coefficient (Wildman–Crippen LogP) is 1.49. The van der Waals surface area contributed by atoms with E-state index in [0.29, 0.717) is 0 Å². The van der Waals surface area contributed by atoms with Crippen molar-refractivity contribution in [1.82, 2.24) is 9.97 Å². The molecule has 2 rings (SSSR count). The summed E-state index contributed by atoms with van der Waals surface area (Å²) in [5.74, 6) is -2.56. The maximum Gasteiger partial charge on any atom is 0.338 e. The molecule has 0 spiro atoms. The van der Waals surface area contributed by atoms with Gasteiger partial charge >= 0.3 is 11.9 Å². The average Bonchev–Trinajstić information content (AvgIpc) is 2.87. The number of pyridine rings is 1. The van der Waals surface area contributed by atoms with Gasteiger partial charge in [0.25, 0.3) is 0 Å². The van der Waals surface area contributed by atoms with E-state index in [1.54, 1.807) is 0 Å². The molecule has 0 radical (unpaired) electrons. The number of carbonyl (C=O) groups is 2. The molecular formula is C11H10N2O4. The molecule has 0 fully saturated rings. The van der Waals surface area contributed by atoms with Gasteiger partial charge in [-0.05, 0) is 18.2 Å². The fourth-order valence-corrected chi connectivity index (χ4v) is 1.03. The van der Waals surface area contributed by atoms with Gasteiger partial charge in [0.05, 0.1) is 11.1 Å². The maximum absolute atomic E-state index is 10.4. The Labute approximate surface area is 96.6 Å². The molecule has 2 aromatic rings. The minimum Gasteiger partial charge on any atom is -0.478 e. The van der Waals surface area contributed by atoms with Crippen molar-refractivity contribution < 1.29 is 19.8 Å². The Morgan fingerprint density at radius 3 is 2.00 bits per heavy atom. The van der Waals surface area contributed by atoms with Gasteiger partial charge in [-0.2, -0.15) is 0 Å². The van der Waals surface area contributed by atoms with Crippen LogP contribution in [0.4, 0.5) is 0 Å². The zero-order valence-corrected chi connectivity index (χ0v) is 8.70. The Morgan fingerprint density at radius 1 is 1.06 bits per heavy atom. The minimum absolute atomic E-state index is 0.252. The number of H-pyrrole nitrogens is 1. The summed E-state index contributed by atoms with van der Waals surface area (Å²) in [5, 5.41) is 17.0. The van der Waals surface area contributed by atoms with Gasteiger partial charge in [0.2, 0.25) is 0 Å². The quantitative estimate of drug-likeness (QED) is 0.730. The molecule has 0 amide bonds. The van der Waals surface area contributed by atoms with Gasteiger partial charge in [-0.1, -0.05) is 0 Å². The van der Waals surface area contributed by atoms with Crippen LogP contribution in [0.3, 0.4) is 0 Å². The third kappa shape index (κ3) is 3.78. The van der Waals surface area contributed by atoms with E-state index in [9.17, 15) is 9.59 Å². The van der Waals surface area contributed by atoms with Crippen molar-refractivity contribution in [3.05, 3.63) is 54.1 Å². The highest BCUT2D eigenvalue weighted by atomic mass is 16.4. The molecule has 6 nitrogen and oxygen atoms in total. The Kier molecular flexibility index (Phi) is 4.44. The van der Waals surface area contributed by atoms with Crippen LogP contribution < -0.4 is 0 Å². The van der Waals surface area contributed by atoms with Crippen LogP contribution in [-0.4, -0.2) is 32.1 Å². The highest BCUT2D eigenvalue weighted by molar-refractivity contribution is 6.01. The average molecular weight is 234 g/mol. The van der Waals surface area contributed by atoms with Gasteiger partial charge in [0.1, 0.15) is 0 Å². The molecule has 6 heteroatoms. The maximum atomic E-state index is 10.4. The zero-order valence-electron chi connectivity index (χ0n) is 8.70. The van der Waals surface area contributed by atoms with Crippen molar-refractivity contribution in [1.29, 1.82) is 0 Å². The summed E-state index contributed by atoms with van der Waals surface area (Å²) in [5.41, 5.74) is -0.553. The van der Waals surface area contributed by atoms with Crippen molar-refractivity contribution in [2.45, 2.75) is 0 Å². The SMILES string of the molecule is O=C(O)c1ccncc1C(=O)O.c1cc[nH]c1. The largest absolute Gasteiger partial charge is 0.478 e. The molecule has 88 valence electrons. The number of nitrogens with one attached hydrogen (secondary N) is 1. The van der Waals surface area contributed by atoms with E-state index in [0.717, 1.165) is 12.3 Å². The Bertz CT molecular complexity index is 444. The van der Waals surface area contributed by atoms with E-state index < -0.39 is 11.9 Å². The van der Waals surface area contributed by atoms with Crippen LogP contribution in [0.2, 0.25) is 0 Å². The van der Waals surface area contributed by atoms with Crippen molar-refractivity contribution in [2.24, 2.45) is 0 Å². The first-order valence-corrected chi connectivity index (χ1v) is 4.61. The normalized spacial score (nSPS) is 8.94. The second-order valence-electron chi connectivity index (χ2n) is 2.92. The van der Waals surface area contributed by atoms with E-state index in [1.165, 1.54) is 6.20 Å². The lowest BCUT2D eigenvalue weighted by Gasteiger charge is -1.97. The standard InChI is InChI=1S/C7H5NO4.C4H5N/c9-6(10)4-1-2-8-3-5(4)7(11)12;1-2-4-5-3-1/h1-3H,(H,9,10)(H,11,12);1-5H. The fraction of sp³-hybridized carbons (Fsp3) is 0. The van der Waals surface area contributed by atoms with Crippen LogP contribution in [0, 0.1) is 0 Å². The molecule has 0 unspecified atom stereocenters. The Morgan fingerprint density at radius 2 is 1.65 bits per heavy atom. The molecule has 0 aliphatic carbocycles. The van der Waals surface area contributed by atoms with Crippen LogP contribution in [0.5, 0.6) is 0 Å². The van der Waals surface area contributed by atoms with Crippen molar-refractivity contribution in [2.75, 3.05) is 0 Å². The monoisotopic (exact) mass is 234 g/mol. The summed E-state index contributed by atoms with van der Waals surface area (Å²) in [6, 6.07) is 5.03. The van der Waals surface area contributed by atoms with Gasteiger partial charge in [0, 0.05) is 24.8 Å². The first-order chi connectivity index (χ1) is 8.13. The van der Waals surface area contributed by atoms with Gasteiger partial charge in [-0.25, -0.2) is 9.59 Å². The Balaban J connectivity index is 0.000000239. The molecule has 2 aromatic heterocycles. The lowest BCUT2D eigenvalue weighted by Crippen LogP contribution is -2.07. The lowest BCUT2D eigenvalue weighted by molar-refractivity contribution is 0.0651. The summed E-state index contributed by atoms with van der Waals surface area (Å²) in [4.78, 5) is 27.2. The first kappa shape index (κ1) is 12.4. The second kappa shape index (κ2) is 6.06. The molecule has 0 atom stereocenters. The van der Waals surface area contributed by atoms with Crippen LogP contribution >= 0.6 is 0 Å². The smallest absolute Gasteiger partial charge is 0.338 e. The molecule has 3 N–H and O–H groups in total.